The van der Waals surface area contributed by atoms with Gasteiger partial charge in [0.2, 0.25) is 5.89 Å². The molecule has 0 aromatic carbocycles. The first kappa shape index (κ1) is 16.4. The quantitative estimate of drug-likeness (QED) is 0.844. The highest BCUT2D eigenvalue weighted by Crippen LogP contribution is 2.40. The first-order chi connectivity index (χ1) is 12.0. The van der Waals surface area contributed by atoms with E-state index in [2.05, 4.69) is 35.5 Å². The van der Waals surface area contributed by atoms with Crippen molar-refractivity contribution in [1.82, 2.24) is 19.6 Å². The van der Waals surface area contributed by atoms with Gasteiger partial charge < -0.3 is 14.0 Å². The molecule has 2 aliphatic rings. The molecule has 0 radical (unpaired) electrons. The Balaban J connectivity index is 1.61. The minimum absolute atomic E-state index is 0.0640. The van der Waals surface area contributed by atoms with E-state index in [4.69, 9.17) is 4.52 Å². The molecule has 1 atom stereocenters. The van der Waals surface area contributed by atoms with Gasteiger partial charge in [0, 0.05) is 29.9 Å². The van der Waals surface area contributed by atoms with Crippen molar-refractivity contribution in [3.05, 3.63) is 34.7 Å². The zero-order valence-corrected chi connectivity index (χ0v) is 15.5. The van der Waals surface area contributed by atoms with Crippen LogP contribution in [0.3, 0.4) is 0 Å². The molecule has 25 heavy (non-hydrogen) atoms. The van der Waals surface area contributed by atoms with E-state index in [0.717, 1.165) is 55.1 Å². The van der Waals surface area contributed by atoms with Gasteiger partial charge in [-0.1, -0.05) is 5.16 Å². The first-order valence-electron chi connectivity index (χ1n) is 9.30. The maximum absolute atomic E-state index is 13.2. The highest BCUT2D eigenvalue weighted by atomic mass is 16.5. The predicted molar refractivity (Wildman–Crippen MR) is 93.6 cm³/mol. The molecule has 0 N–H and O–H groups in total. The van der Waals surface area contributed by atoms with Gasteiger partial charge in [-0.15, -0.1) is 0 Å². The predicted octanol–water partition coefficient (Wildman–Crippen LogP) is 3.92. The number of amides is 1. The van der Waals surface area contributed by atoms with Crippen molar-refractivity contribution >= 4 is 5.91 Å². The van der Waals surface area contributed by atoms with E-state index in [1.807, 2.05) is 17.9 Å². The van der Waals surface area contributed by atoms with Crippen molar-refractivity contribution in [2.45, 2.75) is 71.4 Å². The average Bonchev–Trinajstić information content (AvgIpc) is 2.99. The Morgan fingerprint density at radius 3 is 2.68 bits per heavy atom. The summed E-state index contributed by atoms with van der Waals surface area (Å²) in [5.41, 5.74) is 2.96. The van der Waals surface area contributed by atoms with Crippen LogP contribution in [0.2, 0.25) is 0 Å². The van der Waals surface area contributed by atoms with E-state index >= 15 is 0 Å². The summed E-state index contributed by atoms with van der Waals surface area (Å²) in [4.78, 5) is 19.7. The maximum atomic E-state index is 13.2. The van der Waals surface area contributed by atoms with Gasteiger partial charge in [0.15, 0.2) is 5.82 Å². The van der Waals surface area contributed by atoms with Crippen LogP contribution in [0, 0.1) is 13.8 Å². The molecule has 1 aliphatic carbocycles. The smallest absolute Gasteiger partial charge is 0.256 e. The molecule has 2 aromatic heterocycles. The normalized spacial score (nSPS) is 20.7. The van der Waals surface area contributed by atoms with E-state index in [-0.39, 0.29) is 11.9 Å². The van der Waals surface area contributed by atoms with Gasteiger partial charge in [0.25, 0.3) is 5.91 Å². The van der Waals surface area contributed by atoms with Crippen molar-refractivity contribution < 1.29 is 9.32 Å². The second kappa shape index (κ2) is 6.00. The summed E-state index contributed by atoms with van der Waals surface area (Å²) < 4.78 is 7.63. The lowest BCUT2D eigenvalue weighted by atomic mass is 10.1. The molecule has 1 aliphatic heterocycles. The van der Waals surface area contributed by atoms with Crippen molar-refractivity contribution in [3.63, 3.8) is 0 Å². The van der Waals surface area contributed by atoms with Crippen LogP contribution in [0.5, 0.6) is 0 Å². The average molecular weight is 342 g/mol. The fraction of sp³-hybridized carbons (Fsp3) is 0.632. The van der Waals surface area contributed by atoms with Gasteiger partial charge in [0.1, 0.15) is 0 Å². The van der Waals surface area contributed by atoms with E-state index in [0.29, 0.717) is 17.8 Å². The summed E-state index contributed by atoms with van der Waals surface area (Å²) in [5.74, 6) is 1.94. The second-order valence-electron chi connectivity index (χ2n) is 7.67. The number of rotatable bonds is 4. The standard InChI is InChI=1S/C19H26N4O2/c1-11(2)23-12(3)10-15(13(23)4)19(24)22-9-5-6-16(22)17-20-18(25-21-17)14-7-8-14/h10-11,14,16H,5-9H2,1-4H3/t16-/m0/s1. The lowest BCUT2D eigenvalue weighted by molar-refractivity contribution is 0.0727. The summed E-state index contributed by atoms with van der Waals surface area (Å²) >= 11 is 0. The molecule has 2 aromatic rings. The van der Waals surface area contributed by atoms with Gasteiger partial charge in [-0.25, -0.2) is 0 Å². The molecule has 1 saturated heterocycles. The molecule has 0 spiro atoms. The summed E-state index contributed by atoms with van der Waals surface area (Å²) in [6, 6.07) is 2.29. The third-order valence-electron chi connectivity index (χ3n) is 5.43. The van der Waals surface area contributed by atoms with Gasteiger partial charge in [-0.2, -0.15) is 4.98 Å². The van der Waals surface area contributed by atoms with E-state index in [1.165, 1.54) is 0 Å². The largest absolute Gasteiger partial charge is 0.346 e. The molecular weight excluding hydrogens is 316 g/mol. The Kier molecular flexibility index (Phi) is 3.93. The molecule has 6 nitrogen and oxygen atoms in total. The minimum Gasteiger partial charge on any atom is -0.346 e. The molecule has 0 bridgehead atoms. The molecule has 134 valence electrons. The number of aryl methyl sites for hydroxylation is 1. The summed E-state index contributed by atoms with van der Waals surface area (Å²) in [5, 5.41) is 4.17. The summed E-state index contributed by atoms with van der Waals surface area (Å²) in [6.45, 7) is 9.14. The van der Waals surface area contributed by atoms with Crippen molar-refractivity contribution in [2.75, 3.05) is 6.54 Å². The van der Waals surface area contributed by atoms with Crippen molar-refractivity contribution in [2.24, 2.45) is 0 Å². The van der Waals surface area contributed by atoms with Gasteiger partial charge >= 0.3 is 0 Å². The molecule has 6 heteroatoms. The highest BCUT2D eigenvalue weighted by molar-refractivity contribution is 5.96. The number of hydrogen-bond acceptors (Lipinski definition) is 4. The van der Waals surface area contributed by atoms with Crippen LogP contribution in [-0.4, -0.2) is 32.1 Å². The van der Waals surface area contributed by atoms with Crippen LogP contribution in [0.1, 0.15) is 91.0 Å². The van der Waals surface area contributed by atoms with Gasteiger partial charge in [0.05, 0.1) is 11.6 Å². The fourth-order valence-corrected chi connectivity index (χ4v) is 4.10. The second-order valence-corrected chi connectivity index (χ2v) is 7.67. The Labute approximate surface area is 148 Å². The van der Waals surface area contributed by atoms with E-state index < -0.39 is 0 Å². The van der Waals surface area contributed by atoms with Crippen LogP contribution in [-0.2, 0) is 0 Å². The van der Waals surface area contributed by atoms with Crippen LogP contribution < -0.4 is 0 Å². The SMILES string of the molecule is Cc1cc(C(=O)N2CCC[C@H]2c2noc(C3CC3)n2)c(C)n1C(C)C. The van der Waals surface area contributed by atoms with Crippen LogP contribution in [0.4, 0.5) is 0 Å². The molecular formula is C19H26N4O2. The van der Waals surface area contributed by atoms with Gasteiger partial charge in [-0.3, -0.25) is 4.79 Å². The zero-order valence-electron chi connectivity index (χ0n) is 15.5. The molecule has 2 fully saturated rings. The number of nitrogens with zero attached hydrogens (tertiary/aromatic N) is 4. The first-order valence-corrected chi connectivity index (χ1v) is 9.30. The number of carbonyl (C=O) groups excluding carboxylic acids is 1. The van der Waals surface area contributed by atoms with Crippen molar-refractivity contribution in [3.8, 4) is 0 Å². The topological polar surface area (TPSA) is 64.2 Å². The van der Waals surface area contributed by atoms with Crippen LogP contribution in [0.25, 0.3) is 0 Å². The molecule has 3 heterocycles. The van der Waals surface area contributed by atoms with Crippen LogP contribution >= 0.6 is 0 Å². The Morgan fingerprint density at radius 1 is 1.28 bits per heavy atom. The molecule has 0 unspecified atom stereocenters. The highest BCUT2D eigenvalue weighted by Gasteiger charge is 2.37. The molecule has 1 amide bonds. The number of carbonyl (C=O) groups is 1. The van der Waals surface area contributed by atoms with Crippen molar-refractivity contribution in [1.29, 1.82) is 0 Å². The Hall–Kier alpha value is -2.11. The van der Waals surface area contributed by atoms with Crippen LogP contribution in [0.15, 0.2) is 10.6 Å². The van der Waals surface area contributed by atoms with Gasteiger partial charge in [-0.05, 0) is 59.4 Å². The molecule has 4 rings (SSSR count). The number of hydrogen-bond donors (Lipinski definition) is 0. The fourth-order valence-electron chi connectivity index (χ4n) is 4.10. The lowest BCUT2D eigenvalue weighted by Gasteiger charge is -2.22. The molecule has 1 saturated carbocycles. The van der Waals surface area contributed by atoms with E-state index in [1.54, 1.807) is 0 Å². The van der Waals surface area contributed by atoms with E-state index in [9.17, 15) is 4.79 Å². The Morgan fingerprint density at radius 2 is 2.04 bits per heavy atom. The summed E-state index contributed by atoms with van der Waals surface area (Å²) in [7, 11) is 0. The third-order valence-corrected chi connectivity index (χ3v) is 5.43. The third kappa shape index (κ3) is 2.77. The number of likely N-dealkylation sites (tertiary alicyclic amines) is 1. The minimum atomic E-state index is -0.0640. The summed E-state index contributed by atoms with van der Waals surface area (Å²) in [6.07, 6.45) is 4.15. The zero-order chi connectivity index (χ0) is 17.7. The lowest BCUT2D eigenvalue weighted by Crippen LogP contribution is -2.31. The Bertz CT molecular complexity index is 800. The number of aromatic nitrogens is 3. The maximum Gasteiger partial charge on any atom is 0.256 e. The monoisotopic (exact) mass is 342 g/mol.